The molecule has 2 rings (SSSR count). The van der Waals surface area contributed by atoms with Crippen LogP contribution in [0.2, 0.25) is 0 Å². The van der Waals surface area contributed by atoms with Gasteiger partial charge in [-0.2, -0.15) is 0 Å². The van der Waals surface area contributed by atoms with Gasteiger partial charge in [0.15, 0.2) is 17.4 Å². The lowest BCUT2D eigenvalue weighted by molar-refractivity contribution is 0.221. The van der Waals surface area contributed by atoms with Crippen molar-refractivity contribution in [2.45, 2.75) is 25.3 Å². The van der Waals surface area contributed by atoms with Gasteiger partial charge in [0.1, 0.15) is 5.84 Å². The minimum absolute atomic E-state index is 0.0166. The van der Waals surface area contributed by atoms with Crippen molar-refractivity contribution in [1.82, 2.24) is 4.90 Å². The van der Waals surface area contributed by atoms with E-state index < -0.39 is 17.4 Å². The molecule has 3 N–H and O–H groups in total. The smallest absolute Gasteiger partial charge is 0.190 e. The number of nitrogens with zero attached hydrogens (tertiary/aromatic N) is 1. The van der Waals surface area contributed by atoms with Crippen LogP contribution in [0.1, 0.15) is 24.8 Å². The lowest BCUT2D eigenvalue weighted by Gasteiger charge is -2.19. The fourth-order valence-electron chi connectivity index (χ4n) is 2.49. The number of halogens is 2. The summed E-state index contributed by atoms with van der Waals surface area (Å²) in [7, 11) is 2.04. The molecular weight excluding hydrogens is 264 g/mol. The van der Waals surface area contributed by atoms with Crippen LogP contribution in [0.15, 0.2) is 12.1 Å². The summed E-state index contributed by atoms with van der Waals surface area (Å²) in [6, 6.07) is 2.45. The van der Waals surface area contributed by atoms with E-state index in [0.717, 1.165) is 37.9 Å². The van der Waals surface area contributed by atoms with Gasteiger partial charge in [-0.15, -0.1) is 0 Å². The zero-order valence-corrected chi connectivity index (χ0v) is 11.5. The second kappa shape index (κ2) is 6.17. The number of likely N-dealkylation sites (tertiary alicyclic amines) is 1. The Hall–Kier alpha value is -1.69. The molecule has 0 saturated carbocycles. The Morgan fingerprint density at radius 2 is 2.10 bits per heavy atom. The minimum Gasteiger partial charge on any atom is -0.488 e. The van der Waals surface area contributed by atoms with Gasteiger partial charge < -0.3 is 15.4 Å². The van der Waals surface area contributed by atoms with Gasteiger partial charge in [0.25, 0.3) is 0 Å². The molecule has 1 aliphatic heterocycles. The van der Waals surface area contributed by atoms with Crippen LogP contribution in [0.5, 0.6) is 5.75 Å². The number of ether oxygens (including phenoxy) is 1. The highest BCUT2D eigenvalue weighted by atomic mass is 19.1. The van der Waals surface area contributed by atoms with Crippen LogP contribution >= 0.6 is 0 Å². The summed E-state index contributed by atoms with van der Waals surface area (Å²) in [4.78, 5) is 2.23. The molecule has 0 radical (unpaired) electrons. The molecule has 0 spiro atoms. The number of hydrogen-bond acceptors (Lipinski definition) is 3. The fraction of sp³-hybridized carbons (Fsp3) is 0.500. The van der Waals surface area contributed by atoms with Gasteiger partial charge in [-0.1, -0.05) is 0 Å². The van der Waals surface area contributed by atoms with Crippen LogP contribution < -0.4 is 10.5 Å². The number of amidine groups is 1. The van der Waals surface area contributed by atoms with Crippen molar-refractivity contribution in [2.75, 3.05) is 20.2 Å². The average Bonchev–Trinajstić information content (AvgIpc) is 2.78. The molecule has 1 fully saturated rings. The standard InChI is InChI=1S/C14H19F2N3O/c1-19-5-2-3-10(19)4-6-20-13-11(15)7-9(14(17)18)8-12(13)16/h7-8,10H,2-6H2,1H3,(H3,17,18). The first-order valence-electron chi connectivity index (χ1n) is 6.65. The molecule has 1 aromatic rings. The average molecular weight is 283 g/mol. The van der Waals surface area contributed by atoms with Gasteiger partial charge in [0, 0.05) is 11.6 Å². The Labute approximate surface area is 117 Å². The molecule has 1 unspecified atom stereocenters. The number of benzene rings is 1. The first-order chi connectivity index (χ1) is 9.49. The van der Waals surface area contributed by atoms with E-state index in [0.29, 0.717) is 6.04 Å². The van der Waals surface area contributed by atoms with Crippen LogP contribution in [-0.4, -0.2) is 37.0 Å². The van der Waals surface area contributed by atoms with Crippen LogP contribution in [0.25, 0.3) is 0 Å². The molecule has 1 aromatic carbocycles. The van der Waals surface area contributed by atoms with E-state index in [9.17, 15) is 8.78 Å². The normalized spacial score (nSPS) is 19.2. The highest BCUT2D eigenvalue weighted by Crippen LogP contribution is 2.24. The van der Waals surface area contributed by atoms with E-state index >= 15 is 0 Å². The molecule has 6 heteroatoms. The van der Waals surface area contributed by atoms with Crippen molar-refractivity contribution in [2.24, 2.45) is 5.73 Å². The zero-order chi connectivity index (χ0) is 14.7. The predicted octanol–water partition coefficient (Wildman–Crippen LogP) is 2.11. The quantitative estimate of drug-likeness (QED) is 0.642. The van der Waals surface area contributed by atoms with Gasteiger partial charge in [-0.3, -0.25) is 5.41 Å². The SMILES string of the molecule is CN1CCCC1CCOc1c(F)cc(C(=N)N)cc1F. The fourth-order valence-corrected chi connectivity index (χ4v) is 2.49. The van der Waals surface area contributed by atoms with Crippen LogP contribution in [0.3, 0.4) is 0 Å². The molecule has 0 amide bonds. The lowest BCUT2D eigenvalue weighted by Crippen LogP contribution is -2.26. The third kappa shape index (κ3) is 3.25. The summed E-state index contributed by atoms with van der Waals surface area (Å²) in [6.07, 6.45) is 2.98. The van der Waals surface area contributed by atoms with Crippen molar-refractivity contribution in [3.8, 4) is 5.75 Å². The van der Waals surface area contributed by atoms with Crippen molar-refractivity contribution in [3.63, 3.8) is 0 Å². The van der Waals surface area contributed by atoms with E-state index in [1.807, 2.05) is 7.05 Å². The van der Waals surface area contributed by atoms with Gasteiger partial charge in [-0.05, 0) is 45.0 Å². The van der Waals surface area contributed by atoms with E-state index in [1.54, 1.807) is 0 Å². The predicted molar refractivity (Wildman–Crippen MR) is 73.1 cm³/mol. The van der Waals surface area contributed by atoms with Crippen molar-refractivity contribution in [3.05, 3.63) is 29.3 Å². The van der Waals surface area contributed by atoms with Crippen molar-refractivity contribution < 1.29 is 13.5 Å². The molecule has 0 aliphatic carbocycles. The third-order valence-electron chi connectivity index (χ3n) is 3.68. The molecule has 1 saturated heterocycles. The number of hydrogen-bond donors (Lipinski definition) is 2. The molecule has 20 heavy (non-hydrogen) atoms. The van der Waals surface area contributed by atoms with Gasteiger partial charge in [0.2, 0.25) is 0 Å². The lowest BCUT2D eigenvalue weighted by atomic mass is 10.1. The van der Waals surface area contributed by atoms with Crippen LogP contribution in [0, 0.1) is 17.0 Å². The minimum atomic E-state index is -0.824. The monoisotopic (exact) mass is 283 g/mol. The maximum Gasteiger partial charge on any atom is 0.190 e. The molecular formula is C14H19F2N3O. The Morgan fingerprint density at radius 1 is 1.45 bits per heavy atom. The molecule has 0 aromatic heterocycles. The maximum atomic E-state index is 13.7. The Balaban J connectivity index is 1.97. The summed E-state index contributed by atoms with van der Waals surface area (Å²) in [6.45, 7) is 1.32. The van der Waals surface area contributed by atoms with Gasteiger partial charge in [0.05, 0.1) is 6.61 Å². The molecule has 1 heterocycles. The van der Waals surface area contributed by atoms with E-state index in [1.165, 1.54) is 0 Å². The van der Waals surface area contributed by atoms with E-state index in [2.05, 4.69) is 4.90 Å². The third-order valence-corrected chi connectivity index (χ3v) is 3.68. The van der Waals surface area contributed by atoms with Crippen molar-refractivity contribution >= 4 is 5.84 Å². The van der Waals surface area contributed by atoms with Gasteiger partial charge in [-0.25, -0.2) is 8.78 Å². The molecule has 4 nitrogen and oxygen atoms in total. The van der Waals surface area contributed by atoms with E-state index in [-0.39, 0.29) is 18.0 Å². The van der Waals surface area contributed by atoms with Crippen LogP contribution in [-0.2, 0) is 0 Å². The van der Waals surface area contributed by atoms with Crippen molar-refractivity contribution in [1.29, 1.82) is 5.41 Å². The molecule has 0 bridgehead atoms. The second-order valence-corrected chi connectivity index (χ2v) is 5.10. The van der Waals surface area contributed by atoms with Gasteiger partial charge >= 0.3 is 0 Å². The summed E-state index contributed by atoms with van der Waals surface area (Å²) >= 11 is 0. The number of nitrogen functional groups attached to an aromatic ring is 1. The highest BCUT2D eigenvalue weighted by Gasteiger charge is 2.21. The van der Waals surface area contributed by atoms with E-state index in [4.69, 9.17) is 15.9 Å². The Morgan fingerprint density at radius 3 is 2.60 bits per heavy atom. The first-order valence-corrected chi connectivity index (χ1v) is 6.65. The Kier molecular flexibility index (Phi) is 4.54. The second-order valence-electron chi connectivity index (χ2n) is 5.10. The number of nitrogens with two attached hydrogens (primary N) is 1. The largest absolute Gasteiger partial charge is 0.488 e. The molecule has 1 aliphatic rings. The van der Waals surface area contributed by atoms with Crippen LogP contribution in [0.4, 0.5) is 8.78 Å². The summed E-state index contributed by atoms with van der Waals surface area (Å²) < 4.78 is 32.7. The summed E-state index contributed by atoms with van der Waals surface area (Å²) in [5.74, 6) is -2.41. The Bertz CT molecular complexity index is 484. The maximum absolute atomic E-state index is 13.7. The topological polar surface area (TPSA) is 62.3 Å². The molecule has 1 atom stereocenters. The zero-order valence-electron chi connectivity index (χ0n) is 11.5. The summed E-state index contributed by atoms with van der Waals surface area (Å²) in [5.41, 5.74) is 5.22. The first kappa shape index (κ1) is 14.7. The summed E-state index contributed by atoms with van der Waals surface area (Å²) in [5, 5.41) is 7.17. The number of nitrogens with one attached hydrogen (secondary N) is 1. The number of rotatable bonds is 5. The molecule has 110 valence electrons. The highest BCUT2D eigenvalue weighted by molar-refractivity contribution is 5.95.